The van der Waals surface area contributed by atoms with Crippen molar-refractivity contribution in [3.63, 3.8) is 0 Å². The highest BCUT2D eigenvalue weighted by Crippen LogP contribution is 2.31. The Bertz CT molecular complexity index is 1030. The summed E-state index contributed by atoms with van der Waals surface area (Å²) in [5.41, 5.74) is 1.78. The number of nitrogens with zero attached hydrogens (tertiary/aromatic N) is 3. The molecule has 0 saturated carbocycles. The first-order valence-electron chi connectivity index (χ1n) is 8.29. The molecule has 2 aromatic carbocycles. The van der Waals surface area contributed by atoms with Crippen LogP contribution in [0.5, 0.6) is 0 Å². The van der Waals surface area contributed by atoms with E-state index in [-0.39, 0.29) is 17.5 Å². The first-order chi connectivity index (χ1) is 13.2. The van der Waals surface area contributed by atoms with Gasteiger partial charge in [-0.25, -0.2) is 14.1 Å². The van der Waals surface area contributed by atoms with Crippen molar-refractivity contribution in [1.82, 2.24) is 14.0 Å². The molecule has 0 spiro atoms. The number of hydrogen-bond donors (Lipinski definition) is 1. The Morgan fingerprint density at radius 2 is 1.89 bits per heavy atom. The highest BCUT2D eigenvalue weighted by Gasteiger charge is 2.33. The van der Waals surface area contributed by atoms with Gasteiger partial charge in [0.15, 0.2) is 0 Å². The Hall–Kier alpha value is -2.07. The van der Waals surface area contributed by atoms with E-state index < -0.39 is 16.1 Å². The first kappa shape index (κ1) is 20.7. The van der Waals surface area contributed by atoms with Crippen LogP contribution in [0.1, 0.15) is 17.0 Å². The molecule has 148 valence electrons. The van der Waals surface area contributed by atoms with E-state index in [1.807, 2.05) is 0 Å². The second-order valence-electron chi connectivity index (χ2n) is 6.34. The van der Waals surface area contributed by atoms with Crippen LogP contribution in [-0.2, 0) is 10.2 Å². The molecule has 0 bridgehead atoms. The van der Waals surface area contributed by atoms with E-state index in [0.29, 0.717) is 16.3 Å². The lowest BCUT2D eigenvalue weighted by Crippen LogP contribution is -2.44. The van der Waals surface area contributed by atoms with Crippen LogP contribution in [0, 0.1) is 5.82 Å². The maximum absolute atomic E-state index is 14.5. The van der Waals surface area contributed by atoms with Crippen LogP contribution in [0.4, 0.5) is 4.39 Å². The minimum Gasteiger partial charge on any atom is -0.245 e. The van der Waals surface area contributed by atoms with Gasteiger partial charge in [-0.1, -0.05) is 41.9 Å². The second kappa shape index (κ2) is 8.12. The number of hydrogen-bond acceptors (Lipinski definition) is 4. The lowest BCUT2D eigenvalue weighted by molar-refractivity contribution is 0.461. The average Bonchev–Trinajstić information content (AvgIpc) is 3.07. The molecule has 1 aliphatic heterocycles. The summed E-state index contributed by atoms with van der Waals surface area (Å²) in [6.07, 6.45) is 0. The number of rotatable bonds is 4. The number of hydrazone groups is 1. The van der Waals surface area contributed by atoms with E-state index in [2.05, 4.69) is 9.82 Å². The fourth-order valence-corrected chi connectivity index (χ4v) is 3.83. The molecule has 3 rings (SSSR count). The van der Waals surface area contributed by atoms with Gasteiger partial charge in [-0.3, -0.25) is 0 Å². The van der Waals surface area contributed by atoms with E-state index in [4.69, 9.17) is 23.8 Å². The Balaban J connectivity index is 1.98. The molecule has 0 aliphatic carbocycles. The predicted octanol–water partition coefficient (Wildman–Crippen LogP) is 2.96. The normalized spacial score (nSPS) is 17.0. The third-order valence-electron chi connectivity index (χ3n) is 4.27. The topological polar surface area (TPSA) is 65.0 Å². The number of benzene rings is 2. The van der Waals surface area contributed by atoms with Gasteiger partial charge in [0.1, 0.15) is 5.82 Å². The predicted molar refractivity (Wildman–Crippen MR) is 112 cm³/mol. The van der Waals surface area contributed by atoms with Crippen molar-refractivity contribution in [2.24, 2.45) is 5.10 Å². The van der Waals surface area contributed by atoms with Crippen molar-refractivity contribution >= 4 is 44.9 Å². The van der Waals surface area contributed by atoms with Crippen molar-refractivity contribution in [2.45, 2.75) is 5.92 Å². The van der Waals surface area contributed by atoms with Crippen LogP contribution in [0.2, 0.25) is 5.02 Å². The highest BCUT2D eigenvalue weighted by molar-refractivity contribution is 7.89. The summed E-state index contributed by atoms with van der Waals surface area (Å²) >= 11 is 11.2. The molecule has 1 heterocycles. The number of nitrogens with one attached hydrogen (secondary N) is 1. The molecule has 1 N–H and O–H groups in total. The fourth-order valence-electron chi connectivity index (χ4n) is 2.77. The largest absolute Gasteiger partial charge is 0.302 e. The van der Waals surface area contributed by atoms with Gasteiger partial charge in [-0.05, 0) is 41.5 Å². The Morgan fingerprint density at radius 3 is 2.50 bits per heavy atom. The van der Waals surface area contributed by atoms with Gasteiger partial charge in [0.25, 0.3) is 0 Å². The van der Waals surface area contributed by atoms with Crippen LogP contribution >= 0.6 is 23.8 Å². The summed E-state index contributed by atoms with van der Waals surface area (Å²) in [6, 6.07) is 13.4. The minimum absolute atomic E-state index is 0.0843. The molecule has 0 radical (unpaired) electrons. The minimum atomic E-state index is -3.77. The maximum Gasteiger partial charge on any atom is 0.302 e. The van der Waals surface area contributed by atoms with E-state index in [9.17, 15) is 12.8 Å². The number of halogens is 2. The zero-order valence-corrected chi connectivity index (χ0v) is 17.5. The zero-order chi connectivity index (χ0) is 20.5. The van der Waals surface area contributed by atoms with Crippen LogP contribution < -0.4 is 4.72 Å². The zero-order valence-electron chi connectivity index (χ0n) is 15.1. The second-order valence-corrected chi connectivity index (χ2v) is 9.05. The molecular formula is C18H18ClFN4O2S2. The van der Waals surface area contributed by atoms with Gasteiger partial charge in [0.2, 0.25) is 5.11 Å². The lowest BCUT2D eigenvalue weighted by Gasteiger charge is -2.20. The number of thiocarbonyl (C=S) groups is 1. The van der Waals surface area contributed by atoms with E-state index in [1.165, 1.54) is 25.2 Å². The van der Waals surface area contributed by atoms with Crippen LogP contribution in [0.25, 0.3) is 0 Å². The molecule has 1 unspecified atom stereocenters. The summed E-state index contributed by atoms with van der Waals surface area (Å²) in [4.78, 5) is 0. The fraction of sp³-hybridized carbons (Fsp3) is 0.222. The van der Waals surface area contributed by atoms with E-state index in [0.717, 1.165) is 9.87 Å². The Labute approximate surface area is 173 Å². The van der Waals surface area contributed by atoms with Gasteiger partial charge < -0.3 is 0 Å². The van der Waals surface area contributed by atoms with Crippen LogP contribution in [0.15, 0.2) is 53.6 Å². The van der Waals surface area contributed by atoms with Gasteiger partial charge in [-0.15, -0.1) is 0 Å². The van der Waals surface area contributed by atoms with Gasteiger partial charge in [0.05, 0.1) is 18.2 Å². The van der Waals surface area contributed by atoms with Crippen molar-refractivity contribution in [1.29, 1.82) is 0 Å². The lowest BCUT2D eigenvalue weighted by atomic mass is 9.90. The molecule has 2 aromatic rings. The van der Waals surface area contributed by atoms with Gasteiger partial charge in [0, 0.05) is 19.1 Å². The maximum atomic E-state index is 14.5. The standard InChI is InChI=1S/C18H18ClFN4O2S2/c1-23(2)28(25,26)22-18(27)24-11-15(14-5-3-4-6-16(14)20)17(21-24)12-7-9-13(19)10-8-12/h3-10,15H,11H2,1-2H3,(H,22,27). The van der Waals surface area contributed by atoms with Crippen LogP contribution in [-0.4, -0.2) is 49.2 Å². The molecule has 28 heavy (non-hydrogen) atoms. The average molecular weight is 441 g/mol. The van der Waals surface area contributed by atoms with Crippen LogP contribution in [0.3, 0.4) is 0 Å². The van der Waals surface area contributed by atoms with E-state index >= 15 is 0 Å². The third kappa shape index (κ3) is 4.33. The smallest absolute Gasteiger partial charge is 0.245 e. The molecule has 10 heteroatoms. The Morgan fingerprint density at radius 1 is 1.25 bits per heavy atom. The SMILES string of the molecule is CN(C)S(=O)(=O)NC(=S)N1CC(c2ccccc2F)C(c2ccc(Cl)cc2)=N1. The van der Waals surface area contributed by atoms with Crippen molar-refractivity contribution in [3.05, 3.63) is 70.5 Å². The van der Waals surface area contributed by atoms with Gasteiger partial charge in [-0.2, -0.15) is 17.8 Å². The molecule has 0 amide bonds. The Kier molecular flexibility index (Phi) is 5.99. The van der Waals surface area contributed by atoms with Crippen molar-refractivity contribution < 1.29 is 12.8 Å². The quantitative estimate of drug-likeness (QED) is 0.742. The van der Waals surface area contributed by atoms with Crippen molar-refractivity contribution in [2.75, 3.05) is 20.6 Å². The summed E-state index contributed by atoms with van der Waals surface area (Å²) in [5, 5.41) is 6.32. The first-order valence-corrected chi connectivity index (χ1v) is 10.5. The van der Waals surface area contributed by atoms with Crippen molar-refractivity contribution in [3.8, 4) is 0 Å². The summed E-state index contributed by atoms with van der Waals surface area (Å²) < 4.78 is 41.9. The third-order valence-corrected chi connectivity index (χ3v) is 6.37. The summed E-state index contributed by atoms with van der Waals surface area (Å²) in [7, 11) is -0.996. The molecule has 1 atom stereocenters. The van der Waals surface area contributed by atoms with Gasteiger partial charge >= 0.3 is 10.2 Å². The monoisotopic (exact) mass is 440 g/mol. The van der Waals surface area contributed by atoms with E-state index in [1.54, 1.807) is 42.5 Å². The molecule has 0 fully saturated rings. The highest BCUT2D eigenvalue weighted by atomic mass is 35.5. The molecular weight excluding hydrogens is 423 g/mol. The molecule has 0 aromatic heterocycles. The molecule has 0 saturated heterocycles. The summed E-state index contributed by atoms with van der Waals surface area (Å²) in [5.74, 6) is -0.792. The molecule has 1 aliphatic rings. The molecule has 6 nitrogen and oxygen atoms in total. The summed E-state index contributed by atoms with van der Waals surface area (Å²) in [6.45, 7) is 0.202.